The Labute approximate surface area is 175 Å². The van der Waals surface area contributed by atoms with Gasteiger partial charge < -0.3 is 9.84 Å². The lowest BCUT2D eigenvalue weighted by molar-refractivity contribution is -0.137. The molecule has 3 aromatic heterocycles. The van der Waals surface area contributed by atoms with Crippen LogP contribution in [0.4, 0.5) is 13.2 Å². The van der Waals surface area contributed by atoms with Crippen molar-refractivity contribution in [3.63, 3.8) is 0 Å². The molecule has 3 aromatic rings. The lowest BCUT2D eigenvalue weighted by Crippen LogP contribution is -2.07. The van der Waals surface area contributed by atoms with Gasteiger partial charge in [0.25, 0.3) is 0 Å². The normalized spacial score (nSPS) is 12.1. The number of aromatic nitrogens is 5. The average molecular weight is 435 g/mol. The fourth-order valence-electron chi connectivity index (χ4n) is 2.82. The van der Waals surface area contributed by atoms with E-state index >= 15 is 0 Å². The number of alkyl halides is 3. The summed E-state index contributed by atoms with van der Waals surface area (Å²) in [6.07, 6.45) is 0.356. The SMILES string of the molecule is CC(C)c1nn(-c2ccc(C(F)(F)F)cn2)cc1COc1cc(C=CC(=O)O)n(C)n1. The smallest absolute Gasteiger partial charge is 0.417 e. The van der Waals surface area contributed by atoms with Gasteiger partial charge in [0.05, 0.1) is 17.0 Å². The fraction of sp³-hybridized carbons (Fsp3) is 0.300. The second kappa shape index (κ2) is 8.62. The van der Waals surface area contributed by atoms with Crippen LogP contribution in [0.25, 0.3) is 11.9 Å². The second-order valence-electron chi connectivity index (χ2n) is 7.03. The van der Waals surface area contributed by atoms with Crippen LogP contribution in [0.2, 0.25) is 0 Å². The molecule has 11 heteroatoms. The third-order valence-electron chi connectivity index (χ3n) is 4.35. The second-order valence-corrected chi connectivity index (χ2v) is 7.03. The van der Waals surface area contributed by atoms with Gasteiger partial charge in [0.2, 0.25) is 5.88 Å². The molecule has 31 heavy (non-hydrogen) atoms. The molecular weight excluding hydrogens is 415 g/mol. The number of nitrogens with zero attached hydrogens (tertiary/aromatic N) is 5. The lowest BCUT2D eigenvalue weighted by Gasteiger charge is -2.06. The molecule has 3 heterocycles. The van der Waals surface area contributed by atoms with Crippen molar-refractivity contribution in [1.29, 1.82) is 0 Å². The zero-order valence-electron chi connectivity index (χ0n) is 17.0. The summed E-state index contributed by atoms with van der Waals surface area (Å²) in [4.78, 5) is 14.5. The van der Waals surface area contributed by atoms with Crippen LogP contribution >= 0.6 is 0 Å². The number of aliphatic carboxylic acids is 1. The Balaban J connectivity index is 1.80. The number of aryl methyl sites for hydroxylation is 1. The van der Waals surface area contributed by atoms with Gasteiger partial charge in [-0.25, -0.2) is 14.5 Å². The quantitative estimate of drug-likeness (QED) is 0.567. The standard InChI is InChI=1S/C20H20F3N5O3/c1-12(2)19-13(11-31-17-8-15(27(3)25-17)5-7-18(29)30)10-28(26-19)16-6-4-14(9-24-16)20(21,22)23/h4-10,12H,11H2,1-3H3,(H,29,30). The van der Waals surface area contributed by atoms with Crippen molar-refractivity contribution in [3.8, 4) is 11.7 Å². The van der Waals surface area contributed by atoms with E-state index in [9.17, 15) is 18.0 Å². The molecule has 0 aliphatic rings. The Morgan fingerprint density at radius 2 is 2.03 bits per heavy atom. The Morgan fingerprint density at radius 3 is 2.61 bits per heavy atom. The van der Waals surface area contributed by atoms with Gasteiger partial charge in [-0.2, -0.15) is 18.3 Å². The Morgan fingerprint density at radius 1 is 1.29 bits per heavy atom. The minimum atomic E-state index is -4.46. The molecule has 0 unspecified atom stereocenters. The van der Waals surface area contributed by atoms with Gasteiger partial charge in [0, 0.05) is 37.1 Å². The Hall–Kier alpha value is -3.63. The van der Waals surface area contributed by atoms with Crippen LogP contribution in [0.15, 0.2) is 36.7 Å². The monoisotopic (exact) mass is 435 g/mol. The summed E-state index contributed by atoms with van der Waals surface area (Å²) in [7, 11) is 1.65. The first-order valence-corrected chi connectivity index (χ1v) is 9.24. The van der Waals surface area contributed by atoms with E-state index in [1.165, 1.54) is 21.5 Å². The molecule has 8 nitrogen and oxygen atoms in total. The van der Waals surface area contributed by atoms with E-state index in [2.05, 4.69) is 15.2 Å². The number of hydrogen-bond donors (Lipinski definition) is 1. The van der Waals surface area contributed by atoms with E-state index in [1.807, 2.05) is 13.8 Å². The number of carboxylic acid groups (broad SMARTS) is 1. The van der Waals surface area contributed by atoms with Crippen LogP contribution in [0, 0.1) is 0 Å². The van der Waals surface area contributed by atoms with Crippen molar-refractivity contribution in [1.82, 2.24) is 24.5 Å². The number of pyridine rings is 1. The van der Waals surface area contributed by atoms with Gasteiger partial charge in [-0.3, -0.25) is 4.68 Å². The number of carboxylic acids is 1. The van der Waals surface area contributed by atoms with Crippen molar-refractivity contribution in [2.24, 2.45) is 7.05 Å². The highest BCUT2D eigenvalue weighted by Gasteiger charge is 2.30. The first kappa shape index (κ1) is 22.1. The lowest BCUT2D eigenvalue weighted by atomic mass is 10.1. The zero-order valence-corrected chi connectivity index (χ0v) is 17.0. The average Bonchev–Trinajstić information content (AvgIpc) is 3.27. The highest BCUT2D eigenvalue weighted by atomic mass is 19.4. The molecule has 0 saturated carbocycles. The Kier molecular flexibility index (Phi) is 6.14. The minimum Gasteiger partial charge on any atom is -0.478 e. The van der Waals surface area contributed by atoms with E-state index in [1.54, 1.807) is 19.3 Å². The first-order valence-electron chi connectivity index (χ1n) is 9.24. The molecule has 3 rings (SSSR count). The van der Waals surface area contributed by atoms with Crippen molar-refractivity contribution in [2.75, 3.05) is 0 Å². The Bertz CT molecular complexity index is 1100. The molecule has 0 radical (unpaired) electrons. The van der Waals surface area contributed by atoms with Gasteiger partial charge in [-0.1, -0.05) is 13.8 Å². The molecule has 0 aliphatic carbocycles. The summed E-state index contributed by atoms with van der Waals surface area (Å²) in [5, 5.41) is 17.4. The predicted octanol–water partition coefficient (Wildman–Crippen LogP) is 3.82. The van der Waals surface area contributed by atoms with Crippen molar-refractivity contribution < 1.29 is 27.8 Å². The van der Waals surface area contributed by atoms with E-state index < -0.39 is 17.7 Å². The molecule has 164 valence electrons. The minimum absolute atomic E-state index is 0.0343. The molecule has 0 fully saturated rings. The molecule has 0 atom stereocenters. The molecule has 0 amide bonds. The summed E-state index contributed by atoms with van der Waals surface area (Å²) in [6, 6.07) is 3.80. The number of hydrogen-bond acceptors (Lipinski definition) is 5. The highest BCUT2D eigenvalue weighted by molar-refractivity contribution is 5.84. The molecule has 0 aromatic carbocycles. The molecular formula is C20H20F3N5O3. The highest BCUT2D eigenvalue weighted by Crippen LogP contribution is 2.29. The van der Waals surface area contributed by atoms with E-state index in [0.717, 1.165) is 23.9 Å². The molecule has 1 N–H and O–H groups in total. The van der Waals surface area contributed by atoms with Gasteiger partial charge in [-0.05, 0) is 24.1 Å². The third kappa shape index (κ3) is 5.30. The van der Waals surface area contributed by atoms with E-state index in [4.69, 9.17) is 9.84 Å². The summed E-state index contributed by atoms with van der Waals surface area (Å²) >= 11 is 0. The van der Waals surface area contributed by atoms with Crippen molar-refractivity contribution >= 4 is 12.0 Å². The number of rotatable bonds is 7. The predicted molar refractivity (Wildman–Crippen MR) is 105 cm³/mol. The zero-order chi connectivity index (χ0) is 22.8. The van der Waals surface area contributed by atoms with Crippen LogP contribution in [0.3, 0.4) is 0 Å². The first-order chi connectivity index (χ1) is 14.5. The molecule has 0 aliphatic heterocycles. The van der Waals surface area contributed by atoms with Crippen LogP contribution in [-0.4, -0.2) is 35.6 Å². The topological polar surface area (TPSA) is 95.1 Å². The summed E-state index contributed by atoms with van der Waals surface area (Å²) in [5.41, 5.74) is 1.15. The van der Waals surface area contributed by atoms with Crippen molar-refractivity contribution in [2.45, 2.75) is 32.5 Å². The van der Waals surface area contributed by atoms with Crippen LogP contribution in [-0.2, 0) is 24.6 Å². The summed E-state index contributed by atoms with van der Waals surface area (Å²) in [5.74, 6) is -0.496. The van der Waals surface area contributed by atoms with Crippen LogP contribution in [0.1, 0.15) is 42.3 Å². The molecule has 0 bridgehead atoms. The van der Waals surface area contributed by atoms with Crippen LogP contribution in [0.5, 0.6) is 5.88 Å². The number of halogens is 3. The fourth-order valence-corrected chi connectivity index (χ4v) is 2.82. The van der Waals surface area contributed by atoms with Gasteiger partial charge >= 0.3 is 12.1 Å². The van der Waals surface area contributed by atoms with Crippen molar-refractivity contribution in [3.05, 3.63) is 59.2 Å². The van der Waals surface area contributed by atoms with Gasteiger partial charge in [0.15, 0.2) is 5.82 Å². The number of carbonyl (C=O) groups is 1. The maximum Gasteiger partial charge on any atom is 0.417 e. The van der Waals surface area contributed by atoms with Gasteiger partial charge in [0.1, 0.15) is 6.61 Å². The molecule has 0 saturated heterocycles. The maximum absolute atomic E-state index is 12.8. The third-order valence-corrected chi connectivity index (χ3v) is 4.35. The number of ether oxygens (including phenoxy) is 1. The molecule has 0 spiro atoms. The van der Waals surface area contributed by atoms with Crippen LogP contribution < -0.4 is 4.74 Å². The summed E-state index contributed by atoms with van der Waals surface area (Å²) < 4.78 is 46.9. The summed E-state index contributed by atoms with van der Waals surface area (Å²) in [6.45, 7) is 3.99. The largest absolute Gasteiger partial charge is 0.478 e. The van der Waals surface area contributed by atoms with Gasteiger partial charge in [-0.15, -0.1) is 5.10 Å². The van der Waals surface area contributed by atoms with E-state index in [-0.39, 0.29) is 18.3 Å². The maximum atomic E-state index is 12.8. The van der Waals surface area contributed by atoms with E-state index in [0.29, 0.717) is 17.3 Å².